The summed E-state index contributed by atoms with van der Waals surface area (Å²) in [6, 6.07) is 0. The van der Waals surface area contributed by atoms with Crippen LogP contribution in [0.25, 0.3) is 0 Å². The van der Waals surface area contributed by atoms with E-state index in [-0.39, 0.29) is 13.2 Å². The van der Waals surface area contributed by atoms with Crippen molar-refractivity contribution in [2.45, 2.75) is 82.9 Å². The maximum absolute atomic E-state index is 9.98. The molecule has 0 aromatic rings. The van der Waals surface area contributed by atoms with Crippen LogP contribution in [0.3, 0.4) is 0 Å². The van der Waals surface area contributed by atoms with Crippen LogP contribution in [0.4, 0.5) is 0 Å². The number of unbranched alkanes of at least 4 members (excludes halogenated alkanes) is 7. The lowest BCUT2D eigenvalue weighted by Crippen LogP contribution is -2.46. The van der Waals surface area contributed by atoms with Crippen LogP contribution in [0.5, 0.6) is 0 Å². The van der Waals surface area contributed by atoms with Crippen LogP contribution >= 0.6 is 0 Å². The van der Waals surface area contributed by atoms with Gasteiger partial charge in [0.1, 0.15) is 12.2 Å². The predicted octanol–water partition coefficient (Wildman–Crippen LogP) is 1.19. The molecule has 1 aliphatic heterocycles. The molecule has 0 bridgehead atoms. The van der Waals surface area contributed by atoms with Crippen molar-refractivity contribution >= 4 is 0 Å². The minimum Gasteiger partial charge on any atom is -0.396 e. The van der Waals surface area contributed by atoms with Crippen LogP contribution < -0.4 is 0 Å². The number of hydrogen-bond donors (Lipinski definition) is 4. The molecule has 4 N–H and O–H groups in total. The van der Waals surface area contributed by atoms with Gasteiger partial charge in [0.25, 0.3) is 0 Å². The first-order valence-corrected chi connectivity index (χ1v) is 9.00. The van der Waals surface area contributed by atoms with Gasteiger partial charge in [-0.1, -0.05) is 51.9 Å². The summed E-state index contributed by atoms with van der Waals surface area (Å²) in [6.07, 6.45) is 4.66. The number of aliphatic hydroxyl groups excluding tert-OH is 4. The number of rotatable bonds is 11. The van der Waals surface area contributed by atoms with E-state index in [0.29, 0.717) is 6.61 Å². The number of hydrogen-bond acceptors (Lipinski definition) is 6. The van der Waals surface area contributed by atoms with E-state index < -0.39 is 30.5 Å². The van der Waals surface area contributed by atoms with Crippen molar-refractivity contribution in [1.82, 2.24) is 0 Å². The van der Waals surface area contributed by atoms with Gasteiger partial charge in [0, 0.05) is 12.5 Å². The van der Waals surface area contributed by atoms with Crippen LogP contribution in [0.1, 0.15) is 58.3 Å². The van der Waals surface area contributed by atoms with Crippen molar-refractivity contribution in [3.05, 3.63) is 0 Å². The summed E-state index contributed by atoms with van der Waals surface area (Å²) in [7, 11) is 0. The Labute approximate surface area is 139 Å². The van der Waals surface area contributed by atoms with Gasteiger partial charge in [-0.15, -0.1) is 0 Å². The highest BCUT2D eigenvalue weighted by atomic mass is 16.7. The van der Waals surface area contributed by atoms with E-state index in [1.54, 1.807) is 0 Å². The van der Waals surface area contributed by atoms with Gasteiger partial charge in [0.05, 0.1) is 19.3 Å². The molecule has 138 valence electrons. The first kappa shape index (κ1) is 20.8. The number of ether oxygens (including phenoxy) is 2. The quantitative estimate of drug-likeness (QED) is 0.424. The molecule has 2 unspecified atom stereocenters. The summed E-state index contributed by atoms with van der Waals surface area (Å²) >= 11 is 0. The highest BCUT2D eigenvalue weighted by Crippen LogP contribution is 2.21. The Bertz CT molecular complexity index is 288. The fraction of sp³-hybridized carbons (Fsp3) is 1.00. The van der Waals surface area contributed by atoms with Crippen molar-refractivity contribution in [2.75, 3.05) is 19.8 Å². The molecular weight excluding hydrogens is 300 g/mol. The summed E-state index contributed by atoms with van der Waals surface area (Å²) in [5.41, 5.74) is 0. The number of aliphatic hydroxyl groups is 4. The molecule has 0 aromatic carbocycles. The molecule has 0 spiro atoms. The summed E-state index contributed by atoms with van der Waals surface area (Å²) < 4.78 is 10.9. The molecule has 0 saturated carbocycles. The van der Waals surface area contributed by atoms with Gasteiger partial charge >= 0.3 is 0 Å². The summed E-state index contributed by atoms with van der Waals surface area (Å²) in [5.74, 6) is -0.614. The third-order valence-electron chi connectivity index (χ3n) is 4.45. The van der Waals surface area contributed by atoms with Gasteiger partial charge in [0.2, 0.25) is 0 Å². The van der Waals surface area contributed by atoms with Gasteiger partial charge < -0.3 is 29.9 Å². The topological polar surface area (TPSA) is 99.4 Å². The largest absolute Gasteiger partial charge is 0.396 e. The van der Waals surface area contributed by atoms with Gasteiger partial charge in [0.15, 0.2) is 6.29 Å². The minimum absolute atomic E-state index is 0.0495. The smallest absolute Gasteiger partial charge is 0.186 e. The van der Waals surface area contributed by atoms with E-state index in [0.717, 1.165) is 12.8 Å². The Kier molecular flexibility index (Phi) is 11.0. The second kappa shape index (κ2) is 12.2. The molecule has 6 heteroatoms. The van der Waals surface area contributed by atoms with Crippen LogP contribution in [0.15, 0.2) is 0 Å². The highest BCUT2D eigenvalue weighted by molar-refractivity contribution is 4.85. The van der Waals surface area contributed by atoms with E-state index in [1.165, 1.54) is 38.5 Å². The Morgan fingerprint density at radius 1 is 0.870 bits per heavy atom. The molecule has 23 heavy (non-hydrogen) atoms. The van der Waals surface area contributed by atoms with Gasteiger partial charge in [-0.05, 0) is 6.42 Å². The van der Waals surface area contributed by atoms with E-state index in [9.17, 15) is 15.3 Å². The van der Waals surface area contributed by atoms with Gasteiger partial charge in [-0.2, -0.15) is 0 Å². The average molecular weight is 334 g/mol. The molecule has 1 rings (SSSR count). The van der Waals surface area contributed by atoms with Crippen molar-refractivity contribution in [3.63, 3.8) is 0 Å². The lowest BCUT2D eigenvalue weighted by molar-refractivity contribution is -0.209. The fourth-order valence-corrected chi connectivity index (χ4v) is 2.80. The second-order valence-corrected chi connectivity index (χ2v) is 6.46. The average Bonchev–Trinajstić information content (AvgIpc) is 2.66. The SMILES string of the molecule is CCCCCCCCCCO[C@@H]1OCC(CO)[C@@H](O)[C@H](O)C1O. The Morgan fingerprint density at radius 2 is 1.48 bits per heavy atom. The normalized spacial score (nSPS) is 32.0. The monoisotopic (exact) mass is 334 g/mol. The molecule has 1 saturated heterocycles. The molecule has 0 aromatic heterocycles. The zero-order valence-electron chi connectivity index (χ0n) is 14.3. The van der Waals surface area contributed by atoms with Gasteiger partial charge in [-0.3, -0.25) is 0 Å². The third kappa shape index (κ3) is 7.45. The fourth-order valence-electron chi connectivity index (χ4n) is 2.80. The zero-order valence-corrected chi connectivity index (χ0v) is 14.3. The maximum Gasteiger partial charge on any atom is 0.186 e. The Hall–Kier alpha value is -0.240. The molecule has 1 fully saturated rings. The maximum atomic E-state index is 9.98. The second-order valence-electron chi connectivity index (χ2n) is 6.46. The molecule has 1 aliphatic rings. The summed E-state index contributed by atoms with van der Waals surface area (Å²) in [6.45, 7) is 2.40. The molecule has 0 radical (unpaired) electrons. The predicted molar refractivity (Wildman–Crippen MR) is 86.9 cm³/mol. The van der Waals surface area contributed by atoms with E-state index in [1.807, 2.05) is 0 Å². The van der Waals surface area contributed by atoms with Crippen LogP contribution in [-0.2, 0) is 9.47 Å². The highest BCUT2D eigenvalue weighted by Gasteiger charge is 2.40. The Balaban J connectivity index is 2.16. The lowest BCUT2D eigenvalue weighted by atomic mass is 9.97. The van der Waals surface area contributed by atoms with Gasteiger partial charge in [-0.25, -0.2) is 0 Å². The van der Waals surface area contributed by atoms with Crippen molar-refractivity contribution < 1.29 is 29.9 Å². The van der Waals surface area contributed by atoms with Crippen molar-refractivity contribution in [2.24, 2.45) is 5.92 Å². The van der Waals surface area contributed by atoms with Crippen LogP contribution in [0, 0.1) is 5.92 Å². The molecule has 0 amide bonds. The van der Waals surface area contributed by atoms with Crippen molar-refractivity contribution in [3.8, 4) is 0 Å². The molecule has 1 heterocycles. The van der Waals surface area contributed by atoms with E-state index in [4.69, 9.17) is 14.6 Å². The van der Waals surface area contributed by atoms with Crippen molar-refractivity contribution in [1.29, 1.82) is 0 Å². The lowest BCUT2D eigenvalue weighted by Gasteiger charge is -2.25. The summed E-state index contributed by atoms with van der Waals surface area (Å²) in [4.78, 5) is 0. The zero-order chi connectivity index (χ0) is 17.1. The third-order valence-corrected chi connectivity index (χ3v) is 4.45. The first-order valence-electron chi connectivity index (χ1n) is 9.00. The first-order chi connectivity index (χ1) is 11.1. The van der Waals surface area contributed by atoms with Crippen LogP contribution in [0.2, 0.25) is 0 Å². The van der Waals surface area contributed by atoms with Crippen LogP contribution in [-0.4, -0.2) is 64.8 Å². The molecule has 6 nitrogen and oxygen atoms in total. The summed E-state index contributed by atoms with van der Waals surface area (Å²) in [5, 5.41) is 38.8. The Morgan fingerprint density at radius 3 is 2.09 bits per heavy atom. The van der Waals surface area contributed by atoms with E-state index in [2.05, 4.69) is 6.92 Å². The van der Waals surface area contributed by atoms with E-state index >= 15 is 0 Å². The standard InChI is InChI=1S/C17H34O6/c1-2-3-4-5-6-7-8-9-10-22-17-16(21)15(20)14(19)13(11-18)12-23-17/h13-21H,2-12H2,1H3/t13?,14-,15+,16?,17-/m1/s1. The molecular formula is C17H34O6. The molecule has 5 atom stereocenters. The molecule has 0 aliphatic carbocycles. The minimum atomic E-state index is -1.38.